The van der Waals surface area contributed by atoms with Gasteiger partial charge in [0.05, 0.1) is 6.61 Å². The molecule has 1 rings (SSSR count). The van der Waals surface area contributed by atoms with Crippen LogP contribution in [0.3, 0.4) is 0 Å². The van der Waals surface area contributed by atoms with Crippen molar-refractivity contribution in [1.29, 1.82) is 0 Å². The Morgan fingerprint density at radius 3 is 2.62 bits per heavy atom. The predicted molar refractivity (Wildman–Crippen MR) is 52.2 cm³/mol. The maximum atomic E-state index is 9.03. The smallest absolute Gasteiger partial charge is 0.492 e. The molecule has 13 heavy (non-hydrogen) atoms. The zero-order valence-electron chi connectivity index (χ0n) is 7.82. The second-order valence-corrected chi connectivity index (χ2v) is 2.85. The van der Waals surface area contributed by atoms with E-state index < -0.39 is 7.12 Å². The predicted octanol–water partition coefficient (Wildman–Crippen LogP) is 0.0735. The number of aryl methyl sites for hydroxylation is 1. The second kappa shape index (κ2) is 4.30. The summed E-state index contributed by atoms with van der Waals surface area (Å²) in [5.74, 6) is 0.531. The quantitative estimate of drug-likeness (QED) is 0.647. The van der Waals surface area contributed by atoms with Crippen LogP contribution in [0.2, 0.25) is 0 Å². The van der Waals surface area contributed by atoms with E-state index in [9.17, 15) is 0 Å². The van der Waals surface area contributed by atoms with Gasteiger partial charge in [0, 0.05) is 5.46 Å². The Kier molecular flexibility index (Phi) is 3.34. The summed E-state index contributed by atoms with van der Waals surface area (Å²) in [5, 5.41) is 18.1. The SMILES string of the molecule is CCOc1ccc(C)cc1B(O)O. The monoisotopic (exact) mass is 180 g/mol. The van der Waals surface area contributed by atoms with Crippen molar-refractivity contribution in [2.45, 2.75) is 13.8 Å². The number of benzene rings is 1. The van der Waals surface area contributed by atoms with Crippen LogP contribution in [0.25, 0.3) is 0 Å². The van der Waals surface area contributed by atoms with E-state index in [1.54, 1.807) is 12.1 Å². The molecule has 1 aromatic carbocycles. The molecule has 0 aliphatic rings. The van der Waals surface area contributed by atoms with Gasteiger partial charge in [0.25, 0.3) is 0 Å². The van der Waals surface area contributed by atoms with Crippen molar-refractivity contribution < 1.29 is 14.8 Å². The number of hydrogen-bond donors (Lipinski definition) is 2. The Bertz CT molecular complexity index is 286. The van der Waals surface area contributed by atoms with Crippen LogP contribution >= 0.6 is 0 Å². The molecular weight excluding hydrogens is 167 g/mol. The molecule has 0 spiro atoms. The maximum Gasteiger partial charge on any atom is 0.492 e. The van der Waals surface area contributed by atoms with E-state index in [-0.39, 0.29) is 0 Å². The van der Waals surface area contributed by atoms with Gasteiger partial charge in [-0.15, -0.1) is 0 Å². The van der Waals surface area contributed by atoms with Crippen LogP contribution in [0.15, 0.2) is 18.2 Å². The van der Waals surface area contributed by atoms with Crippen molar-refractivity contribution in [2.75, 3.05) is 6.61 Å². The first kappa shape index (κ1) is 10.1. The summed E-state index contributed by atoms with van der Waals surface area (Å²) in [6.07, 6.45) is 0. The summed E-state index contributed by atoms with van der Waals surface area (Å²) < 4.78 is 5.23. The molecule has 2 N–H and O–H groups in total. The fourth-order valence-corrected chi connectivity index (χ4v) is 1.16. The molecule has 1 aromatic rings. The lowest BCUT2D eigenvalue weighted by molar-refractivity contribution is 0.340. The third-order valence-corrected chi connectivity index (χ3v) is 1.74. The van der Waals surface area contributed by atoms with Gasteiger partial charge in [-0.1, -0.05) is 17.7 Å². The molecule has 0 atom stereocenters. The van der Waals surface area contributed by atoms with Crippen LogP contribution in [-0.4, -0.2) is 23.8 Å². The van der Waals surface area contributed by atoms with Crippen LogP contribution in [-0.2, 0) is 0 Å². The first-order chi connectivity index (χ1) is 6.15. The largest absolute Gasteiger partial charge is 0.494 e. The molecule has 0 heterocycles. The molecule has 0 fully saturated rings. The molecule has 3 nitrogen and oxygen atoms in total. The van der Waals surface area contributed by atoms with Crippen LogP contribution in [0.5, 0.6) is 5.75 Å². The van der Waals surface area contributed by atoms with Crippen molar-refractivity contribution in [2.24, 2.45) is 0 Å². The first-order valence-electron chi connectivity index (χ1n) is 4.24. The highest BCUT2D eigenvalue weighted by Gasteiger charge is 2.16. The maximum absolute atomic E-state index is 9.03. The van der Waals surface area contributed by atoms with E-state index in [0.29, 0.717) is 17.8 Å². The average molecular weight is 180 g/mol. The van der Waals surface area contributed by atoms with Crippen molar-refractivity contribution in [3.05, 3.63) is 23.8 Å². The fraction of sp³-hybridized carbons (Fsp3) is 0.333. The van der Waals surface area contributed by atoms with Gasteiger partial charge in [-0.3, -0.25) is 0 Å². The van der Waals surface area contributed by atoms with Crippen LogP contribution in [0, 0.1) is 6.92 Å². The Balaban J connectivity index is 3.03. The summed E-state index contributed by atoms with van der Waals surface area (Å²) in [5.41, 5.74) is 1.40. The minimum Gasteiger partial charge on any atom is -0.494 e. The fourth-order valence-electron chi connectivity index (χ4n) is 1.16. The molecule has 0 saturated carbocycles. The van der Waals surface area contributed by atoms with E-state index in [2.05, 4.69) is 0 Å². The number of hydrogen-bond acceptors (Lipinski definition) is 3. The number of rotatable bonds is 3. The highest BCUT2D eigenvalue weighted by molar-refractivity contribution is 6.59. The molecule has 0 aliphatic carbocycles. The van der Waals surface area contributed by atoms with E-state index in [1.165, 1.54) is 0 Å². The van der Waals surface area contributed by atoms with Crippen molar-refractivity contribution in [1.82, 2.24) is 0 Å². The molecule has 0 radical (unpaired) electrons. The van der Waals surface area contributed by atoms with Crippen LogP contribution in [0.4, 0.5) is 0 Å². The van der Waals surface area contributed by atoms with E-state index >= 15 is 0 Å². The molecular formula is C9H13BO3. The highest BCUT2D eigenvalue weighted by atomic mass is 16.5. The Labute approximate surface area is 78.1 Å². The molecule has 0 aliphatic heterocycles. The van der Waals surface area contributed by atoms with Gasteiger partial charge in [0.15, 0.2) is 0 Å². The van der Waals surface area contributed by atoms with Crippen molar-refractivity contribution in [3.63, 3.8) is 0 Å². The first-order valence-corrected chi connectivity index (χ1v) is 4.24. The molecule has 0 bridgehead atoms. The zero-order chi connectivity index (χ0) is 9.84. The van der Waals surface area contributed by atoms with Gasteiger partial charge in [0.1, 0.15) is 5.75 Å². The molecule has 4 heteroatoms. The van der Waals surface area contributed by atoms with Crippen molar-refractivity contribution in [3.8, 4) is 5.75 Å². The minimum atomic E-state index is -1.47. The highest BCUT2D eigenvalue weighted by Crippen LogP contribution is 2.09. The molecule has 0 saturated heterocycles. The number of ether oxygens (including phenoxy) is 1. The molecule has 0 amide bonds. The molecule has 0 unspecified atom stereocenters. The van der Waals surface area contributed by atoms with Crippen LogP contribution < -0.4 is 10.2 Å². The van der Waals surface area contributed by atoms with E-state index in [1.807, 2.05) is 19.9 Å². The van der Waals surface area contributed by atoms with Gasteiger partial charge in [-0.2, -0.15) is 0 Å². The van der Waals surface area contributed by atoms with Gasteiger partial charge in [-0.25, -0.2) is 0 Å². The average Bonchev–Trinajstić information content (AvgIpc) is 2.08. The third-order valence-electron chi connectivity index (χ3n) is 1.74. The molecule has 70 valence electrons. The topological polar surface area (TPSA) is 49.7 Å². The van der Waals surface area contributed by atoms with Gasteiger partial charge in [-0.05, 0) is 19.9 Å². The lowest BCUT2D eigenvalue weighted by Gasteiger charge is -2.09. The summed E-state index contributed by atoms with van der Waals surface area (Å²) >= 11 is 0. The van der Waals surface area contributed by atoms with Crippen LogP contribution in [0.1, 0.15) is 12.5 Å². The molecule has 0 aromatic heterocycles. The van der Waals surface area contributed by atoms with E-state index in [0.717, 1.165) is 5.56 Å². The van der Waals surface area contributed by atoms with Gasteiger partial charge < -0.3 is 14.8 Å². The second-order valence-electron chi connectivity index (χ2n) is 2.85. The Morgan fingerprint density at radius 1 is 1.38 bits per heavy atom. The Morgan fingerprint density at radius 2 is 2.08 bits per heavy atom. The lowest BCUT2D eigenvalue weighted by atomic mass is 9.79. The summed E-state index contributed by atoms with van der Waals surface area (Å²) in [6, 6.07) is 5.32. The normalized spacial score (nSPS) is 9.85. The lowest BCUT2D eigenvalue weighted by Crippen LogP contribution is -2.31. The third kappa shape index (κ3) is 2.47. The van der Waals surface area contributed by atoms with Gasteiger partial charge in [0.2, 0.25) is 0 Å². The van der Waals surface area contributed by atoms with Gasteiger partial charge >= 0.3 is 7.12 Å². The minimum absolute atomic E-state index is 0.418. The Hall–Kier alpha value is -0.995. The zero-order valence-corrected chi connectivity index (χ0v) is 7.82. The summed E-state index contributed by atoms with van der Waals surface area (Å²) in [6.45, 7) is 4.26. The summed E-state index contributed by atoms with van der Waals surface area (Å²) in [7, 11) is -1.47. The standard InChI is InChI=1S/C9H13BO3/c1-3-13-9-5-4-7(2)6-8(9)10(11)12/h4-6,11-12H,3H2,1-2H3. The summed E-state index contributed by atoms with van der Waals surface area (Å²) in [4.78, 5) is 0. The van der Waals surface area contributed by atoms with E-state index in [4.69, 9.17) is 14.8 Å². The van der Waals surface area contributed by atoms with Crippen molar-refractivity contribution >= 4 is 12.6 Å².